The zero-order chi connectivity index (χ0) is 14.2. The van der Waals surface area contributed by atoms with Crippen LogP contribution in [0.15, 0.2) is 65.8 Å². The van der Waals surface area contributed by atoms with Crippen LogP contribution >= 0.6 is 11.6 Å². The number of hydrazone groups is 1. The SMILES string of the molecule is O=C(NN=CC=Cc1ccccc1)c1ccc(Cl)cc1. The van der Waals surface area contributed by atoms with Gasteiger partial charge in [-0.05, 0) is 35.9 Å². The Morgan fingerprint density at radius 3 is 2.45 bits per heavy atom. The van der Waals surface area contributed by atoms with Crippen LogP contribution in [-0.4, -0.2) is 12.1 Å². The third kappa shape index (κ3) is 4.37. The lowest BCUT2D eigenvalue weighted by atomic mass is 10.2. The molecule has 0 unspecified atom stereocenters. The normalized spacial score (nSPS) is 11.1. The maximum atomic E-state index is 11.7. The molecule has 0 fully saturated rings. The summed E-state index contributed by atoms with van der Waals surface area (Å²) in [6, 6.07) is 16.5. The molecule has 0 aromatic heterocycles. The second kappa shape index (κ2) is 7.26. The number of rotatable bonds is 4. The van der Waals surface area contributed by atoms with E-state index in [-0.39, 0.29) is 5.91 Å². The molecule has 4 heteroatoms. The van der Waals surface area contributed by atoms with Crippen molar-refractivity contribution in [3.05, 3.63) is 76.8 Å². The first-order valence-corrected chi connectivity index (χ1v) is 6.44. The second-order valence-corrected chi connectivity index (χ2v) is 4.43. The minimum atomic E-state index is -0.272. The quantitative estimate of drug-likeness (QED) is 0.674. The summed E-state index contributed by atoms with van der Waals surface area (Å²) in [5.74, 6) is -0.272. The fourth-order valence-electron chi connectivity index (χ4n) is 1.52. The number of hydrogen-bond donors (Lipinski definition) is 1. The number of carbonyl (C=O) groups excluding carboxylic acids is 1. The molecule has 0 heterocycles. The molecule has 3 nitrogen and oxygen atoms in total. The summed E-state index contributed by atoms with van der Waals surface area (Å²) < 4.78 is 0. The number of nitrogens with one attached hydrogen (secondary N) is 1. The Bertz CT molecular complexity index is 619. The van der Waals surface area contributed by atoms with Crippen molar-refractivity contribution in [1.82, 2.24) is 5.43 Å². The number of benzene rings is 2. The minimum Gasteiger partial charge on any atom is -0.267 e. The molecule has 0 spiro atoms. The highest BCUT2D eigenvalue weighted by molar-refractivity contribution is 6.30. The Labute approximate surface area is 122 Å². The van der Waals surface area contributed by atoms with E-state index in [0.29, 0.717) is 10.6 Å². The van der Waals surface area contributed by atoms with Crippen molar-refractivity contribution in [2.75, 3.05) is 0 Å². The van der Waals surface area contributed by atoms with E-state index in [1.54, 1.807) is 30.3 Å². The van der Waals surface area contributed by atoms with Gasteiger partial charge in [-0.15, -0.1) is 0 Å². The molecule has 0 radical (unpaired) electrons. The molecule has 0 bridgehead atoms. The average molecular weight is 285 g/mol. The van der Waals surface area contributed by atoms with Crippen molar-refractivity contribution < 1.29 is 4.79 Å². The molecule has 0 aliphatic heterocycles. The Kier molecular flexibility index (Phi) is 5.09. The third-order valence-corrected chi connectivity index (χ3v) is 2.77. The standard InChI is InChI=1S/C16H13ClN2O/c17-15-10-8-14(9-11-15)16(20)19-18-12-4-7-13-5-2-1-3-6-13/h1-12H,(H,19,20). The van der Waals surface area contributed by atoms with Crippen molar-refractivity contribution in [3.63, 3.8) is 0 Å². The minimum absolute atomic E-state index is 0.272. The van der Waals surface area contributed by atoms with Gasteiger partial charge >= 0.3 is 0 Å². The zero-order valence-electron chi connectivity index (χ0n) is 10.7. The van der Waals surface area contributed by atoms with Crippen LogP contribution in [0.25, 0.3) is 6.08 Å². The number of hydrogen-bond acceptors (Lipinski definition) is 2. The smallest absolute Gasteiger partial charge is 0.267 e. The molecule has 1 N–H and O–H groups in total. The van der Waals surface area contributed by atoms with Crippen molar-refractivity contribution in [1.29, 1.82) is 0 Å². The predicted octanol–water partition coefficient (Wildman–Crippen LogP) is 3.77. The lowest BCUT2D eigenvalue weighted by molar-refractivity contribution is 0.0955. The van der Waals surface area contributed by atoms with Crippen LogP contribution in [0.5, 0.6) is 0 Å². The van der Waals surface area contributed by atoms with Gasteiger partial charge in [0.25, 0.3) is 5.91 Å². The molecule has 0 saturated carbocycles. The number of amides is 1. The largest absolute Gasteiger partial charge is 0.271 e. The van der Waals surface area contributed by atoms with Crippen LogP contribution < -0.4 is 5.43 Å². The van der Waals surface area contributed by atoms with Gasteiger partial charge in [-0.2, -0.15) is 5.10 Å². The van der Waals surface area contributed by atoms with Gasteiger partial charge in [-0.1, -0.05) is 48.0 Å². The molecule has 2 aromatic rings. The topological polar surface area (TPSA) is 41.5 Å². The highest BCUT2D eigenvalue weighted by atomic mass is 35.5. The van der Waals surface area contributed by atoms with Gasteiger partial charge in [0.2, 0.25) is 0 Å². The molecule has 0 saturated heterocycles. The van der Waals surface area contributed by atoms with Crippen LogP contribution in [-0.2, 0) is 0 Å². The molecule has 20 heavy (non-hydrogen) atoms. The van der Waals surface area contributed by atoms with Gasteiger partial charge in [-0.3, -0.25) is 4.79 Å². The van der Waals surface area contributed by atoms with Crippen LogP contribution in [0.4, 0.5) is 0 Å². The first-order chi connectivity index (χ1) is 9.75. The monoisotopic (exact) mass is 284 g/mol. The first kappa shape index (κ1) is 14.0. The summed E-state index contributed by atoms with van der Waals surface area (Å²) in [6.45, 7) is 0. The first-order valence-electron chi connectivity index (χ1n) is 6.06. The molecule has 2 rings (SSSR count). The van der Waals surface area contributed by atoms with Crippen molar-refractivity contribution in [2.24, 2.45) is 5.10 Å². The maximum Gasteiger partial charge on any atom is 0.271 e. The van der Waals surface area contributed by atoms with Gasteiger partial charge in [-0.25, -0.2) is 5.43 Å². The van der Waals surface area contributed by atoms with Gasteiger partial charge in [0, 0.05) is 16.8 Å². The summed E-state index contributed by atoms with van der Waals surface area (Å²) in [6.07, 6.45) is 5.19. The zero-order valence-corrected chi connectivity index (χ0v) is 11.4. The van der Waals surface area contributed by atoms with Crippen molar-refractivity contribution in [2.45, 2.75) is 0 Å². The van der Waals surface area contributed by atoms with Gasteiger partial charge in [0.15, 0.2) is 0 Å². The van der Waals surface area contributed by atoms with E-state index in [0.717, 1.165) is 5.56 Å². The Morgan fingerprint density at radius 2 is 1.75 bits per heavy atom. The highest BCUT2D eigenvalue weighted by Crippen LogP contribution is 2.09. The lowest BCUT2D eigenvalue weighted by Gasteiger charge is -1.98. The average Bonchev–Trinajstić information content (AvgIpc) is 2.48. The Balaban J connectivity index is 1.86. The molecular formula is C16H13ClN2O. The maximum absolute atomic E-state index is 11.7. The second-order valence-electron chi connectivity index (χ2n) is 4.00. The highest BCUT2D eigenvalue weighted by Gasteiger charge is 2.02. The fraction of sp³-hybridized carbons (Fsp3) is 0. The van der Waals surface area contributed by atoms with Crippen molar-refractivity contribution >= 4 is 29.8 Å². The van der Waals surface area contributed by atoms with E-state index in [4.69, 9.17) is 11.6 Å². The van der Waals surface area contributed by atoms with Crippen LogP contribution in [0.1, 0.15) is 15.9 Å². The summed E-state index contributed by atoms with van der Waals surface area (Å²) in [7, 11) is 0. The van der Waals surface area contributed by atoms with E-state index >= 15 is 0 Å². The fourth-order valence-corrected chi connectivity index (χ4v) is 1.65. The summed E-state index contributed by atoms with van der Waals surface area (Å²) in [5, 5.41) is 4.43. The third-order valence-electron chi connectivity index (χ3n) is 2.52. The molecule has 0 aliphatic rings. The van der Waals surface area contributed by atoms with E-state index in [1.165, 1.54) is 6.21 Å². The lowest BCUT2D eigenvalue weighted by Crippen LogP contribution is -2.17. The summed E-state index contributed by atoms with van der Waals surface area (Å²) in [5.41, 5.74) is 4.03. The van der Waals surface area contributed by atoms with Gasteiger partial charge < -0.3 is 0 Å². The molecule has 100 valence electrons. The summed E-state index contributed by atoms with van der Waals surface area (Å²) in [4.78, 5) is 11.7. The van der Waals surface area contributed by atoms with Crippen LogP contribution in [0, 0.1) is 0 Å². The van der Waals surface area contributed by atoms with Crippen LogP contribution in [0.2, 0.25) is 5.02 Å². The molecule has 2 aromatic carbocycles. The van der Waals surface area contributed by atoms with Crippen molar-refractivity contribution in [3.8, 4) is 0 Å². The Hall–Kier alpha value is -2.39. The molecule has 0 aliphatic carbocycles. The van der Waals surface area contributed by atoms with Gasteiger partial charge in [0.05, 0.1) is 0 Å². The van der Waals surface area contributed by atoms with E-state index in [2.05, 4.69) is 10.5 Å². The predicted molar refractivity (Wildman–Crippen MR) is 82.9 cm³/mol. The molecule has 1 amide bonds. The number of carbonyl (C=O) groups is 1. The van der Waals surface area contributed by atoms with Gasteiger partial charge in [0.1, 0.15) is 0 Å². The molecular weight excluding hydrogens is 272 g/mol. The van der Waals surface area contributed by atoms with E-state index in [9.17, 15) is 4.79 Å². The van der Waals surface area contributed by atoms with E-state index < -0.39 is 0 Å². The number of nitrogens with zero attached hydrogens (tertiary/aromatic N) is 1. The summed E-state index contributed by atoms with van der Waals surface area (Å²) >= 11 is 5.75. The number of allylic oxidation sites excluding steroid dienone is 1. The van der Waals surface area contributed by atoms with Crippen LogP contribution in [0.3, 0.4) is 0 Å². The Morgan fingerprint density at radius 1 is 1.05 bits per heavy atom. The van der Waals surface area contributed by atoms with E-state index in [1.807, 2.05) is 36.4 Å². The number of halogens is 1. The molecule has 0 atom stereocenters.